The van der Waals surface area contributed by atoms with Crippen LogP contribution >= 0.6 is 43.5 Å². The van der Waals surface area contributed by atoms with Crippen LogP contribution in [0.3, 0.4) is 0 Å². The molecule has 0 N–H and O–H groups in total. The van der Waals surface area contributed by atoms with Gasteiger partial charge in [-0.3, -0.25) is 0 Å². The van der Waals surface area contributed by atoms with Gasteiger partial charge in [0, 0.05) is 14.3 Å². The van der Waals surface area contributed by atoms with Crippen LogP contribution < -0.4 is 0 Å². The Morgan fingerprint density at radius 3 is 2.56 bits per heavy atom. The van der Waals surface area contributed by atoms with Gasteiger partial charge in [0.2, 0.25) is 0 Å². The number of benzene rings is 2. The van der Waals surface area contributed by atoms with E-state index in [9.17, 15) is 0 Å². The van der Waals surface area contributed by atoms with Crippen LogP contribution in [0.5, 0.6) is 0 Å². The summed E-state index contributed by atoms with van der Waals surface area (Å²) in [6.07, 6.45) is 0.939. The molecule has 2 aromatic carbocycles. The number of hydrogen-bond donors (Lipinski definition) is 0. The summed E-state index contributed by atoms with van der Waals surface area (Å²) in [5.41, 5.74) is 3.79. The van der Waals surface area contributed by atoms with E-state index < -0.39 is 0 Å². The molecule has 0 heterocycles. The second-order valence-corrected chi connectivity index (χ2v) is 6.69. The molecule has 0 spiro atoms. The van der Waals surface area contributed by atoms with Gasteiger partial charge >= 0.3 is 0 Å². The molecule has 0 aliphatic rings. The van der Waals surface area contributed by atoms with E-state index in [0.717, 1.165) is 21.5 Å². The van der Waals surface area contributed by atoms with Crippen molar-refractivity contribution in [2.45, 2.75) is 18.2 Å². The Morgan fingerprint density at radius 1 is 1.17 bits per heavy atom. The van der Waals surface area contributed by atoms with Crippen LogP contribution in [0.4, 0.5) is 0 Å². The van der Waals surface area contributed by atoms with E-state index in [1.807, 2.05) is 12.1 Å². The third kappa shape index (κ3) is 3.37. The highest BCUT2D eigenvalue weighted by atomic mass is 79.9. The van der Waals surface area contributed by atoms with Gasteiger partial charge < -0.3 is 0 Å². The number of rotatable bonds is 3. The SMILES string of the molecule is Cc1ccccc1CC(Br)c1ccc(Br)cc1Cl. The highest BCUT2D eigenvalue weighted by Gasteiger charge is 2.13. The van der Waals surface area contributed by atoms with Crippen molar-refractivity contribution in [1.29, 1.82) is 0 Å². The van der Waals surface area contributed by atoms with E-state index in [1.54, 1.807) is 0 Å². The van der Waals surface area contributed by atoms with Crippen molar-refractivity contribution < 1.29 is 0 Å². The maximum atomic E-state index is 6.27. The smallest absolute Gasteiger partial charge is 0.0460 e. The Morgan fingerprint density at radius 2 is 1.89 bits per heavy atom. The number of halogens is 3. The van der Waals surface area contributed by atoms with Gasteiger partial charge in [-0.2, -0.15) is 0 Å². The van der Waals surface area contributed by atoms with Crippen LogP contribution in [0.1, 0.15) is 21.5 Å². The molecule has 0 saturated heterocycles. The molecule has 0 aliphatic heterocycles. The number of aryl methyl sites for hydroxylation is 1. The average Bonchev–Trinajstić information content (AvgIpc) is 2.32. The first kappa shape index (κ1) is 14.1. The lowest BCUT2D eigenvalue weighted by molar-refractivity contribution is 0.938. The van der Waals surface area contributed by atoms with Crippen LogP contribution in [0, 0.1) is 6.92 Å². The predicted molar refractivity (Wildman–Crippen MR) is 85.7 cm³/mol. The summed E-state index contributed by atoms with van der Waals surface area (Å²) in [7, 11) is 0. The van der Waals surface area contributed by atoms with Gasteiger partial charge in [0.25, 0.3) is 0 Å². The molecule has 18 heavy (non-hydrogen) atoms. The Kier molecular flexibility index (Phi) is 4.88. The monoisotopic (exact) mass is 386 g/mol. The highest BCUT2D eigenvalue weighted by molar-refractivity contribution is 9.10. The quantitative estimate of drug-likeness (QED) is 0.558. The Labute approximate surface area is 130 Å². The molecule has 3 heteroatoms. The van der Waals surface area contributed by atoms with Gasteiger partial charge in [-0.25, -0.2) is 0 Å². The molecule has 0 saturated carbocycles. The fourth-order valence-corrected chi connectivity index (χ4v) is 3.58. The molecule has 0 bridgehead atoms. The Hall–Kier alpha value is -0.310. The molecule has 1 unspecified atom stereocenters. The Balaban J connectivity index is 2.22. The van der Waals surface area contributed by atoms with Crippen molar-refractivity contribution >= 4 is 43.5 Å². The van der Waals surface area contributed by atoms with Gasteiger partial charge in [-0.1, -0.05) is 73.8 Å². The summed E-state index contributed by atoms with van der Waals surface area (Å²) in [5.74, 6) is 0. The third-order valence-electron chi connectivity index (χ3n) is 2.96. The Bertz CT molecular complexity index is 552. The van der Waals surface area contributed by atoms with E-state index in [4.69, 9.17) is 11.6 Å². The van der Waals surface area contributed by atoms with Crippen LogP contribution in [-0.2, 0) is 6.42 Å². The van der Waals surface area contributed by atoms with Crippen molar-refractivity contribution in [2.24, 2.45) is 0 Å². The fraction of sp³-hybridized carbons (Fsp3) is 0.200. The molecular formula is C15H13Br2Cl. The fourth-order valence-electron chi connectivity index (χ4n) is 1.90. The standard InChI is InChI=1S/C15H13Br2Cl/c1-10-4-2-3-5-11(10)8-14(17)13-7-6-12(16)9-15(13)18/h2-7,9,14H,8H2,1H3. The predicted octanol–water partition coefficient (Wildman–Crippen LogP) is 6.09. The first-order valence-electron chi connectivity index (χ1n) is 5.71. The van der Waals surface area contributed by atoms with Gasteiger partial charge in [-0.15, -0.1) is 0 Å². The first-order valence-corrected chi connectivity index (χ1v) is 7.80. The lowest BCUT2D eigenvalue weighted by Gasteiger charge is -2.14. The zero-order chi connectivity index (χ0) is 13.1. The van der Waals surface area contributed by atoms with Crippen LogP contribution in [0.15, 0.2) is 46.9 Å². The molecule has 2 rings (SSSR count). The minimum atomic E-state index is 0.235. The first-order chi connectivity index (χ1) is 8.58. The minimum Gasteiger partial charge on any atom is -0.0840 e. The molecular weight excluding hydrogens is 375 g/mol. The van der Waals surface area contributed by atoms with E-state index in [1.165, 1.54) is 11.1 Å². The second-order valence-electron chi connectivity index (χ2n) is 4.26. The van der Waals surface area contributed by atoms with E-state index in [0.29, 0.717) is 0 Å². The topological polar surface area (TPSA) is 0 Å². The summed E-state index contributed by atoms with van der Waals surface area (Å²) in [5, 5.41) is 0.792. The molecule has 0 nitrogen and oxygen atoms in total. The van der Waals surface area contributed by atoms with Crippen molar-refractivity contribution in [3.05, 3.63) is 68.7 Å². The highest BCUT2D eigenvalue weighted by Crippen LogP contribution is 2.34. The van der Waals surface area contributed by atoms with Crippen molar-refractivity contribution in [3.8, 4) is 0 Å². The van der Waals surface area contributed by atoms with Crippen molar-refractivity contribution in [1.82, 2.24) is 0 Å². The maximum Gasteiger partial charge on any atom is 0.0460 e. The van der Waals surface area contributed by atoms with E-state index in [2.05, 4.69) is 69.1 Å². The molecule has 0 fully saturated rings. The van der Waals surface area contributed by atoms with Crippen molar-refractivity contribution in [2.75, 3.05) is 0 Å². The summed E-state index contributed by atoms with van der Waals surface area (Å²) in [4.78, 5) is 0.235. The molecule has 0 aliphatic carbocycles. The molecule has 0 aromatic heterocycles. The molecule has 0 radical (unpaired) electrons. The third-order valence-corrected chi connectivity index (χ3v) is 4.60. The van der Waals surface area contributed by atoms with Gasteiger partial charge in [-0.05, 0) is 42.2 Å². The van der Waals surface area contributed by atoms with Gasteiger partial charge in [0.05, 0.1) is 0 Å². The zero-order valence-corrected chi connectivity index (χ0v) is 13.9. The average molecular weight is 389 g/mol. The molecule has 1 atom stereocenters. The molecule has 94 valence electrons. The normalized spacial score (nSPS) is 12.4. The molecule has 2 aromatic rings. The summed E-state index contributed by atoms with van der Waals surface area (Å²) in [6, 6.07) is 14.5. The van der Waals surface area contributed by atoms with Gasteiger partial charge in [0.15, 0.2) is 0 Å². The minimum absolute atomic E-state index is 0.235. The van der Waals surface area contributed by atoms with Crippen LogP contribution in [0.25, 0.3) is 0 Å². The second kappa shape index (κ2) is 6.23. The van der Waals surface area contributed by atoms with Crippen molar-refractivity contribution in [3.63, 3.8) is 0 Å². The van der Waals surface area contributed by atoms with E-state index >= 15 is 0 Å². The summed E-state index contributed by atoms with van der Waals surface area (Å²) >= 11 is 13.4. The maximum absolute atomic E-state index is 6.27. The number of hydrogen-bond acceptors (Lipinski definition) is 0. The zero-order valence-electron chi connectivity index (χ0n) is 9.96. The largest absolute Gasteiger partial charge is 0.0840 e. The van der Waals surface area contributed by atoms with Crippen LogP contribution in [-0.4, -0.2) is 0 Å². The van der Waals surface area contributed by atoms with Gasteiger partial charge in [0.1, 0.15) is 0 Å². The summed E-state index contributed by atoms with van der Waals surface area (Å²) in [6.45, 7) is 2.14. The number of alkyl halides is 1. The summed E-state index contributed by atoms with van der Waals surface area (Å²) < 4.78 is 1.01. The lowest BCUT2D eigenvalue weighted by atomic mass is 10.0. The van der Waals surface area contributed by atoms with Crippen LogP contribution in [0.2, 0.25) is 5.02 Å². The van der Waals surface area contributed by atoms with E-state index in [-0.39, 0.29) is 4.83 Å². The molecule has 0 amide bonds. The lowest BCUT2D eigenvalue weighted by Crippen LogP contribution is -1.98.